The Bertz CT molecular complexity index is 1090. The molecule has 2 saturated carbocycles. The van der Waals surface area contributed by atoms with Crippen molar-refractivity contribution in [3.8, 4) is 0 Å². The van der Waals surface area contributed by atoms with Crippen LogP contribution in [0.3, 0.4) is 0 Å². The summed E-state index contributed by atoms with van der Waals surface area (Å²) in [7, 11) is 0. The van der Waals surface area contributed by atoms with E-state index in [1.54, 1.807) is 6.07 Å². The van der Waals surface area contributed by atoms with Gasteiger partial charge in [-0.3, -0.25) is 19.0 Å². The van der Waals surface area contributed by atoms with Gasteiger partial charge in [0.1, 0.15) is 35.0 Å². The minimum absolute atomic E-state index is 0.0502. The van der Waals surface area contributed by atoms with Gasteiger partial charge in [-0.25, -0.2) is 9.97 Å². The molecule has 150 valence electrons. The smallest absolute Gasteiger partial charge is 0.276 e. The molecule has 2 fully saturated rings. The number of nitrogens with zero attached hydrogens (tertiary/aromatic N) is 3. The van der Waals surface area contributed by atoms with Gasteiger partial charge in [0.25, 0.3) is 11.5 Å². The number of aromatic nitrogens is 3. The maximum atomic E-state index is 13.2. The SMILES string of the molecule is O=C1NC2(CCCC2)n2c1c(Cl)cc(Nc1cc(NC(=O)C3CC3)ncn1)c2=O. The van der Waals surface area contributed by atoms with Crippen molar-refractivity contribution in [2.75, 3.05) is 10.6 Å². The topological polar surface area (TPSA) is 118 Å². The second-order valence-corrected chi connectivity index (χ2v) is 8.17. The molecule has 2 aromatic heterocycles. The molecule has 0 saturated heterocycles. The normalized spacial score (nSPS) is 19.1. The van der Waals surface area contributed by atoms with Crippen molar-refractivity contribution in [1.29, 1.82) is 0 Å². The zero-order chi connectivity index (χ0) is 20.2. The Morgan fingerprint density at radius 3 is 2.62 bits per heavy atom. The van der Waals surface area contributed by atoms with Crippen LogP contribution in [0.25, 0.3) is 0 Å². The van der Waals surface area contributed by atoms with Gasteiger partial charge in [0.15, 0.2) is 0 Å². The molecule has 29 heavy (non-hydrogen) atoms. The van der Waals surface area contributed by atoms with Gasteiger partial charge >= 0.3 is 0 Å². The highest BCUT2D eigenvalue weighted by Gasteiger charge is 2.46. The lowest BCUT2D eigenvalue weighted by Gasteiger charge is -2.26. The summed E-state index contributed by atoms with van der Waals surface area (Å²) in [6.45, 7) is 0. The number of fused-ring (bicyclic) bond motifs is 2. The Balaban J connectivity index is 1.49. The largest absolute Gasteiger partial charge is 0.336 e. The number of hydrogen-bond acceptors (Lipinski definition) is 6. The number of halogens is 1. The molecular weight excluding hydrogens is 396 g/mol. The molecule has 2 aliphatic carbocycles. The minimum atomic E-state index is -0.708. The van der Waals surface area contributed by atoms with Crippen molar-refractivity contribution < 1.29 is 9.59 Å². The minimum Gasteiger partial charge on any atom is -0.336 e. The number of amides is 2. The molecule has 0 radical (unpaired) electrons. The van der Waals surface area contributed by atoms with Crippen LogP contribution in [0.1, 0.15) is 49.0 Å². The van der Waals surface area contributed by atoms with Crippen molar-refractivity contribution in [3.05, 3.63) is 39.5 Å². The van der Waals surface area contributed by atoms with Gasteiger partial charge < -0.3 is 16.0 Å². The predicted molar refractivity (Wildman–Crippen MR) is 106 cm³/mol. The first-order valence-electron chi connectivity index (χ1n) is 9.65. The van der Waals surface area contributed by atoms with Crippen molar-refractivity contribution in [3.63, 3.8) is 0 Å². The van der Waals surface area contributed by atoms with Crippen molar-refractivity contribution >= 4 is 40.7 Å². The van der Waals surface area contributed by atoms with Crippen molar-refractivity contribution in [2.24, 2.45) is 5.92 Å². The van der Waals surface area contributed by atoms with E-state index in [-0.39, 0.29) is 39.7 Å². The summed E-state index contributed by atoms with van der Waals surface area (Å²) in [4.78, 5) is 45.8. The van der Waals surface area contributed by atoms with E-state index in [9.17, 15) is 14.4 Å². The molecule has 3 N–H and O–H groups in total. The van der Waals surface area contributed by atoms with Crippen LogP contribution in [0.15, 0.2) is 23.3 Å². The number of anilines is 3. The Morgan fingerprint density at radius 1 is 1.17 bits per heavy atom. The standard InChI is InChI=1S/C19H19ClN6O3/c20-11-7-12(18(29)26-15(11)17(28)25-19(26)5-1-2-6-19)23-13-8-14(22-9-21-13)24-16(27)10-3-4-10/h7-10H,1-6H2,(H,25,28)(H2,21,22,23,24,27). The highest BCUT2D eigenvalue weighted by Crippen LogP contribution is 2.40. The third-order valence-electron chi connectivity index (χ3n) is 5.70. The van der Waals surface area contributed by atoms with Gasteiger partial charge in [0.05, 0.1) is 5.02 Å². The van der Waals surface area contributed by atoms with Crippen LogP contribution < -0.4 is 21.5 Å². The second kappa shape index (κ2) is 6.55. The van der Waals surface area contributed by atoms with Crippen LogP contribution in [-0.4, -0.2) is 26.3 Å². The van der Waals surface area contributed by atoms with E-state index in [1.165, 1.54) is 17.0 Å². The first-order valence-corrected chi connectivity index (χ1v) is 10.0. The molecule has 9 nitrogen and oxygen atoms in total. The van der Waals surface area contributed by atoms with Crippen LogP contribution in [0.4, 0.5) is 17.3 Å². The Labute approximate surface area is 170 Å². The number of nitrogens with one attached hydrogen (secondary N) is 3. The first-order chi connectivity index (χ1) is 14.0. The number of pyridine rings is 1. The third kappa shape index (κ3) is 3.05. The van der Waals surface area contributed by atoms with E-state index in [0.29, 0.717) is 24.5 Å². The summed E-state index contributed by atoms with van der Waals surface area (Å²) in [5, 5.41) is 8.86. The summed E-state index contributed by atoms with van der Waals surface area (Å²) < 4.78 is 1.49. The fourth-order valence-corrected chi connectivity index (χ4v) is 4.41. The molecular formula is C19H19ClN6O3. The fraction of sp³-hybridized carbons (Fsp3) is 0.421. The zero-order valence-electron chi connectivity index (χ0n) is 15.5. The zero-order valence-corrected chi connectivity index (χ0v) is 16.3. The molecule has 0 unspecified atom stereocenters. The Morgan fingerprint density at radius 2 is 1.90 bits per heavy atom. The molecule has 3 aliphatic rings. The molecule has 1 aliphatic heterocycles. The molecule has 5 rings (SSSR count). The van der Waals surface area contributed by atoms with Crippen LogP contribution in [0.2, 0.25) is 5.02 Å². The van der Waals surface area contributed by atoms with Crippen molar-refractivity contribution in [1.82, 2.24) is 19.9 Å². The highest BCUT2D eigenvalue weighted by atomic mass is 35.5. The lowest BCUT2D eigenvalue weighted by Crippen LogP contribution is -2.45. The molecule has 0 atom stereocenters. The van der Waals surface area contributed by atoms with E-state index < -0.39 is 5.66 Å². The van der Waals surface area contributed by atoms with Gasteiger partial charge in [0, 0.05) is 12.0 Å². The molecule has 10 heteroatoms. The van der Waals surface area contributed by atoms with Crippen LogP contribution in [-0.2, 0) is 10.5 Å². The predicted octanol–water partition coefficient (Wildman–Crippen LogP) is 2.35. The average Bonchev–Trinajstić information content (AvgIpc) is 3.37. The quantitative estimate of drug-likeness (QED) is 0.706. The van der Waals surface area contributed by atoms with E-state index in [2.05, 4.69) is 25.9 Å². The summed E-state index contributed by atoms with van der Waals surface area (Å²) in [5.41, 5.74) is -0.643. The van der Waals surface area contributed by atoms with E-state index >= 15 is 0 Å². The first kappa shape index (κ1) is 18.1. The van der Waals surface area contributed by atoms with E-state index in [4.69, 9.17) is 11.6 Å². The Kier molecular flexibility index (Phi) is 4.09. The molecule has 0 bridgehead atoms. The second-order valence-electron chi connectivity index (χ2n) is 7.76. The van der Waals surface area contributed by atoms with E-state index in [0.717, 1.165) is 25.7 Å². The number of hydrogen-bond donors (Lipinski definition) is 3. The van der Waals surface area contributed by atoms with Crippen molar-refractivity contribution in [2.45, 2.75) is 44.2 Å². The van der Waals surface area contributed by atoms with Crippen LogP contribution in [0.5, 0.6) is 0 Å². The molecule has 1 spiro atoms. The molecule has 2 aromatic rings. The summed E-state index contributed by atoms with van der Waals surface area (Å²) >= 11 is 6.36. The fourth-order valence-electron chi connectivity index (χ4n) is 4.13. The van der Waals surface area contributed by atoms with Crippen LogP contribution >= 0.6 is 11.6 Å². The van der Waals surface area contributed by atoms with Gasteiger partial charge in [0.2, 0.25) is 5.91 Å². The number of rotatable bonds is 4. The van der Waals surface area contributed by atoms with Gasteiger partial charge in [-0.15, -0.1) is 0 Å². The lowest BCUT2D eigenvalue weighted by atomic mass is 10.1. The number of carbonyl (C=O) groups is 2. The summed E-state index contributed by atoms with van der Waals surface area (Å²) in [5.74, 6) is 0.360. The number of carbonyl (C=O) groups excluding carboxylic acids is 2. The average molecular weight is 415 g/mol. The monoisotopic (exact) mass is 414 g/mol. The Hall–Kier alpha value is -2.94. The lowest BCUT2D eigenvalue weighted by molar-refractivity contribution is -0.117. The maximum absolute atomic E-state index is 13.2. The third-order valence-corrected chi connectivity index (χ3v) is 5.99. The van der Waals surface area contributed by atoms with Gasteiger partial charge in [-0.05, 0) is 44.6 Å². The molecule has 3 heterocycles. The highest BCUT2D eigenvalue weighted by molar-refractivity contribution is 6.34. The molecule has 0 aromatic carbocycles. The van der Waals surface area contributed by atoms with Crippen LogP contribution in [0, 0.1) is 5.92 Å². The van der Waals surface area contributed by atoms with Gasteiger partial charge in [-0.2, -0.15) is 0 Å². The van der Waals surface area contributed by atoms with Gasteiger partial charge in [-0.1, -0.05) is 11.6 Å². The maximum Gasteiger partial charge on any atom is 0.276 e. The summed E-state index contributed by atoms with van der Waals surface area (Å²) in [6, 6.07) is 2.99. The molecule has 2 amide bonds. The van der Waals surface area contributed by atoms with E-state index in [1.807, 2.05) is 0 Å². The summed E-state index contributed by atoms with van der Waals surface area (Å²) in [6.07, 6.45) is 6.32.